The molecular formula is C34H43FN4O4. The summed E-state index contributed by atoms with van der Waals surface area (Å²) in [6.45, 7) is 7.71. The first-order valence-electron chi connectivity index (χ1n) is 15.6. The average molecular weight is 591 g/mol. The predicted molar refractivity (Wildman–Crippen MR) is 164 cm³/mol. The van der Waals surface area contributed by atoms with E-state index in [9.17, 15) is 19.1 Å². The van der Waals surface area contributed by atoms with Crippen molar-refractivity contribution in [3.8, 4) is 5.75 Å². The largest absolute Gasteiger partial charge is 0.493 e. The number of ether oxygens (including phenoxy) is 1. The number of nitrogens with zero attached hydrogens (tertiary/aromatic N) is 4. The van der Waals surface area contributed by atoms with Gasteiger partial charge in [-0.05, 0) is 67.1 Å². The van der Waals surface area contributed by atoms with Gasteiger partial charge in [0.05, 0.1) is 25.4 Å². The Hall–Kier alpha value is -3.72. The highest BCUT2D eigenvalue weighted by molar-refractivity contribution is 5.95. The number of amides is 1. The van der Waals surface area contributed by atoms with E-state index in [4.69, 9.17) is 4.74 Å². The van der Waals surface area contributed by atoms with Crippen molar-refractivity contribution in [2.75, 3.05) is 24.6 Å². The molecule has 9 heteroatoms. The van der Waals surface area contributed by atoms with Crippen LogP contribution in [0.2, 0.25) is 0 Å². The summed E-state index contributed by atoms with van der Waals surface area (Å²) in [5.41, 5.74) is 3.26. The van der Waals surface area contributed by atoms with Crippen LogP contribution in [0, 0.1) is 18.7 Å². The quantitative estimate of drug-likeness (QED) is 0.270. The number of hydrogen-bond acceptors (Lipinski definition) is 5. The van der Waals surface area contributed by atoms with Crippen LogP contribution in [0.3, 0.4) is 0 Å². The number of aliphatic carboxylic acids is 1. The van der Waals surface area contributed by atoms with Gasteiger partial charge in [0.25, 0.3) is 0 Å². The van der Waals surface area contributed by atoms with E-state index in [0.29, 0.717) is 37.4 Å². The molecule has 1 saturated heterocycles. The molecule has 0 aliphatic carbocycles. The van der Waals surface area contributed by atoms with E-state index in [0.717, 1.165) is 49.0 Å². The van der Waals surface area contributed by atoms with E-state index >= 15 is 0 Å². The number of hydrogen-bond donors (Lipinski definition) is 1. The summed E-state index contributed by atoms with van der Waals surface area (Å²) in [4.78, 5) is 35.3. The Morgan fingerprint density at radius 3 is 2.63 bits per heavy atom. The Morgan fingerprint density at radius 1 is 1.16 bits per heavy atom. The lowest BCUT2D eigenvalue weighted by Gasteiger charge is -2.35. The molecule has 3 atom stereocenters. The number of fused-ring (bicyclic) bond motifs is 1. The minimum atomic E-state index is -0.854. The fourth-order valence-electron chi connectivity index (χ4n) is 6.98. The van der Waals surface area contributed by atoms with Crippen molar-refractivity contribution in [1.82, 2.24) is 14.5 Å². The molecule has 230 valence electrons. The molecule has 8 nitrogen and oxygen atoms in total. The van der Waals surface area contributed by atoms with Gasteiger partial charge in [0.1, 0.15) is 11.6 Å². The lowest BCUT2D eigenvalue weighted by molar-refractivity contribution is -0.143. The number of carboxylic acid groups (broad SMARTS) is 1. The van der Waals surface area contributed by atoms with E-state index in [1.807, 2.05) is 27.8 Å². The van der Waals surface area contributed by atoms with Crippen molar-refractivity contribution in [3.05, 3.63) is 77.6 Å². The van der Waals surface area contributed by atoms with Gasteiger partial charge < -0.3 is 19.3 Å². The Kier molecular flexibility index (Phi) is 9.80. The summed E-state index contributed by atoms with van der Waals surface area (Å²) < 4.78 is 21.9. The zero-order valence-corrected chi connectivity index (χ0v) is 25.4. The molecule has 2 aliphatic rings. The van der Waals surface area contributed by atoms with Gasteiger partial charge in [-0.15, -0.1) is 0 Å². The molecule has 1 amide bonds. The number of carboxylic acids is 1. The highest BCUT2D eigenvalue weighted by Crippen LogP contribution is 2.41. The minimum Gasteiger partial charge on any atom is -0.493 e. The third kappa shape index (κ3) is 6.77. The number of aryl methyl sites for hydroxylation is 2. The van der Waals surface area contributed by atoms with E-state index < -0.39 is 11.9 Å². The average Bonchev–Trinajstić information content (AvgIpc) is 3.74. The lowest BCUT2D eigenvalue weighted by atomic mass is 9.83. The number of anilines is 1. The molecule has 0 bridgehead atoms. The smallest absolute Gasteiger partial charge is 0.308 e. The van der Waals surface area contributed by atoms with Gasteiger partial charge in [-0.25, -0.2) is 9.37 Å². The number of rotatable bonds is 13. The van der Waals surface area contributed by atoms with Gasteiger partial charge in [-0.1, -0.05) is 38.8 Å². The maximum Gasteiger partial charge on any atom is 0.308 e. The highest BCUT2D eigenvalue weighted by Gasteiger charge is 2.47. The van der Waals surface area contributed by atoms with Crippen molar-refractivity contribution >= 4 is 17.6 Å². The lowest BCUT2D eigenvalue weighted by Crippen LogP contribution is -2.48. The van der Waals surface area contributed by atoms with Crippen molar-refractivity contribution < 1.29 is 23.8 Å². The number of likely N-dealkylation sites (tertiary alicyclic amines) is 1. The summed E-state index contributed by atoms with van der Waals surface area (Å²) in [5, 5.41) is 10.6. The maximum absolute atomic E-state index is 14.3. The fourth-order valence-corrected chi connectivity index (χ4v) is 6.98. The monoisotopic (exact) mass is 590 g/mol. The summed E-state index contributed by atoms with van der Waals surface area (Å²) in [6.07, 6.45) is 10.2. The molecule has 0 saturated carbocycles. The third-order valence-corrected chi connectivity index (χ3v) is 9.05. The predicted octanol–water partition coefficient (Wildman–Crippen LogP) is 5.83. The van der Waals surface area contributed by atoms with Gasteiger partial charge in [0.2, 0.25) is 5.91 Å². The van der Waals surface area contributed by atoms with Gasteiger partial charge >= 0.3 is 5.97 Å². The number of benzene rings is 2. The SMILES string of the molecule is CCCC(CCC)N(C(=O)CN1CC(c2ccc3c(c2)CCO3)C(C(=O)O)C1CCn1ccnc1)c1ccc(F)c(C)c1. The topological polar surface area (TPSA) is 87.9 Å². The molecule has 0 spiro atoms. The molecule has 0 radical (unpaired) electrons. The van der Waals surface area contributed by atoms with Crippen LogP contribution < -0.4 is 9.64 Å². The molecule has 1 N–H and O–H groups in total. The van der Waals surface area contributed by atoms with Crippen molar-refractivity contribution in [2.45, 2.75) is 83.8 Å². The van der Waals surface area contributed by atoms with Crippen molar-refractivity contribution in [3.63, 3.8) is 0 Å². The fraction of sp³-hybridized carbons (Fsp3) is 0.500. The second kappa shape index (κ2) is 13.7. The van der Waals surface area contributed by atoms with Crippen LogP contribution in [0.1, 0.15) is 68.6 Å². The van der Waals surface area contributed by atoms with E-state index in [-0.39, 0.29) is 36.3 Å². The summed E-state index contributed by atoms with van der Waals surface area (Å²) in [5.74, 6) is -1.33. The molecular weight excluding hydrogens is 547 g/mol. The van der Waals surface area contributed by atoms with E-state index in [1.165, 1.54) is 6.07 Å². The molecule has 3 heterocycles. The maximum atomic E-state index is 14.3. The summed E-state index contributed by atoms with van der Waals surface area (Å²) >= 11 is 0. The molecule has 3 aromatic rings. The van der Waals surface area contributed by atoms with Gasteiger partial charge in [0, 0.05) is 55.6 Å². The Labute approximate surface area is 253 Å². The van der Waals surface area contributed by atoms with Crippen LogP contribution in [0.15, 0.2) is 55.1 Å². The summed E-state index contributed by atoms with van der Waals surface area (Å²) in [6, 6.07) is 10.5. The van der Waals surface area contributed by atoms with Gasteiger partial charge in [-0.3, -0.25) is 14.5 Å². The van der Waals surface area contributed by atoms with E-state index in [2.05, 4.69) is 29.8 Å². The Bertz CT molecular complexity index is 1410. The molecule has 5 rings (SSSR count). The van der Waals surface area contributed by atoms with Crippen LogP contribution in [0.5, 0.6) is 5.75 Å². The van der Waals surface area contributed by atoms with Crippen molar-refractivity contribution in [2.24, 2.45) is 5.92 Å². The Morgan fingerprint density at radius 2 is 1.95 bits per heavy atom. The van der Waals surface area contributed by atoms with Crippen LogP contribution in [0.4, 0.5) is 10.1 Å². The molecule has 3 unspecified atom stereocenters. The van der Waals surface area contributed by atoms with Crippen LogP contribution in [-0.4, -0.2) is 63.2 Å². The Balaban J connectivity index is 1.48. The van der Waals surface area contributed by atoms with Crippen molar-refractivity contribution in [1.29, 1.82) is 0 Å². The zero-order valence-electron chi connectivity index (χ0n) is 25.4. The van der Waals surface area contributed by atoms with E-state index in [1.54, 1.807) is 31.6 Å². The van der Waals surface area contributed by atoms with Crippen LogP contribution in [-0.2, 0) is 22.6 Å². The number of carbonyl (C=O) groups excluding carboxylic acids is 1. The molecule has 2 aliphatic heterocycles. The summed E-state index contributed by atoms with van der Waals surface area (Å²) in [7, 11) is 0. The minimum absolute atomic E-state index is 0.0258. The van der Waals surface area contributed by atoms with Crippen LogP contribution >= 0.6 is 0 Å². The first kappa shape index (κ1) is 30.7. The number of halogens is 1. The standard InChI is InChI=1S/C34H43FN4O4/c1-4-6-26(7-5-2)39(27-9-10-29(35)23(3)18-27)32(40)21-38-20-28(24-8-11-31-25(19-24)13-17-43-31)33(34(41)42)30(38)12-15-37-16-14-36-22-37/h8-11,14,16,18-19,22,26,28,30,33H,4-7,12-13,15,17,20-21H2,1-3H3,(H,41,42). The van der Waals surface area contributed by atoms with Crippen LogP contribution in [0.25, 0.3) is 0 Å². The third-order valence-electron chi connectivity index (χ3n) is 9.05. The second-order valence-corrected chi connectivity index (χ2v) is 12.0. The molecule has 1 aromatic heterocycles. The number of carbonyl (C=O) groups is 2. The molecule has 2 aromatic carbocycles. The second-order valence-electron chi connectivity index (χ2n) is 12.0. The normalized spacial score (nSPS) is 19.9. The van der Waals surface area contributed by atoms with Gasteiger partial charge in [-0.2, -0.15) is 0 Å². The first-order valence-corrected chi connectivity index (χ1v) is 15.6. The highest BCUT2D eigenvalue weighted by atomic mass is 19.1. The zero-order chi connectivity index (χ0) is 30.5. The first-order chi connectivity index (χ1) is 20.8. The number of imidazole rings is 1. The molecule has 43 heavy (non-hydrogen) atoms. The number of aromatic nitrogens is 2. The van der Waals surface area contributed by atoms with Gasteiger partial charge in [0.15, 0.2) is 0 Å². The molecule has 1 fully saturated rings.